The molecule has 0 aromatic heterocycles. The molecule has 2 rings (SSSR count). The molecule has 2 heterocycles. The monoisotopic (exact) mass is 262 g/mol. The Labute approximate surface area is 102 Å². The second-order valence-corrected chi connectivity index (χ2v) is 4.51. The van der Waals surface area contributed by atoms with Crippen LogP contribution in [0.3, 0.4) is 0 Å². The van der Waals surface area contributed by atoms with E-state index in [1.54, 1.807) is 12.3 Å². The first-order chi connectivity index (χ1) is 7.79. The number of nitrogens with zero attached hydrogens (tertiary/aromatic N) is 2. The Kier molecular flexibility index (Phi) is 2.81. The number of fused-ring (bicyclic) bond motifs is 1. The molecule has 17 heavy (non-hydrogen) atoms. The van der Waals surface area contributed by atoms with Crippen molar-refractivity contribution >= 4 is 17.7 Å². The molecule has 1 atom stereocenters. The first kappa shape index (κ1) is 12.2. The Morgan fingerprint density at radius 3 is 2.71 bits per heavy atom. The molecule has 0 bridgehead atoms. The third-order valence-electron chi connectivity index (χ3n) is 2.74. The van der Waals surface area contributed by atoms with E-state index in [1.807, 2.05) is 13.8 Å². The van der Waals surface area contributed by atoms with Gasteiger partial charge in [0.25, 0.3) is 6.09 Å². The van der Waals surface area contributed by atoms with Crippen LogP contribution in [0.5, 0.6) is 0 Å². The highest BCUT2D eigenvalue weighted by Crippen LogP contribution is 2.36. The Morgan fingerprint density at radius 1 is 1.47 bits per heavy atom. The summed E-state index contributed by atoms with van der Waals surface area (Å²) in [6.07, 6.45) is 3.32. The highest BCUT2D eigenvalue weighted by molar-refractivity contribution is 6.23. The van der Waals surface area contributed by atoms with Gasteiger partial charge in [0.15, 0.2) is 0 Å². The van der Waals surface area contributed by atoms with E-state index in [0.29, 0.717) is 5.70 Å². The predicted octanol–water partition coefficient (Wildman–Crippen LogP) is 3.78. The van der Waals surface area contributed by atoms with Crippen LogP contribution in [0.1, 0.15) is 13.8 Å². The van der Waals surface area contributed by atoms with E-state index in [9.17, 15) is 13.2 Å². The molecule has 0 aliphatic carbocycles. The first-order valence-corrected chi connectivity index (χ1v) is 5.39. The van der Waals surface area contributed by atoms with Crippen molar-refractivity contribution in [3.8, 4) is 0 Å². The van der Waals surface area contributed by atoms with E-state index in [-0.39, 0.29) is 5.92 Å². The number of alkyl halides is 3. The lowest BCUT2D eigenvalue weighted by atomic mass is 9.98. The normalized spacial score (nSPS) is 24.6. The molecule has 2 nitrogen and oxygen atoms in total. The highest BCUT2D eigenvalue weighted by Gasteiger charge is 2.36. The SMILES string of the molecule is CC1=CN2C(=CC1C)C=C(C(F)(F)Cl)N=C2F. The molecule has 0 spiro atoms. The zero-order valence-corrected chi connectivity index (χ0v) is 9.97. The van der Waals surface area contributed by atoms with Gasteiger partial charge in [0, 0.05) is 11.9 Å². The van der Waals surface area contributed by atoms with Crippen LogP contribution in [0.15, 0.2) is 40.3 Å². The van der Waals surface area contributed by atoms with Crippen LogP contribution in [0.4, 0.5) is 13.2 Å². The summed E-state index contributed by atoms with van der Waals surface area (Å²) >= 11 is 4.84. The summed E-state index contributed by atoms with van der Waals surface area (Å²) in [7, 11) is 0. The number of halogens is 4. The maximum Gasteiger partial charge on any atom is 0.365 e. The lowest BCUT2D eigenvalue weighted by Crippen LogP contribution is -2.29. The summed E-state index contributed by atoms with van der Waals surface area (Å²) < 4.78 is 39.3. The second kappa shape index (κ2) is 3.91. The molecule has 0 N–H and O–H groups in total. The number of hydrogen-bond acceptors (Lipinski definition) is 2. The van der Waals surface area contributed by atoms with Gasteiger partial charge in [-0.1, -0.05) is 13.0 Å². The zero-order chi connectivity index (χ0) is 12.8. The molecule has 6 heteroatoms. The van der Waals surface area contributed by atoms with Gasteiger partial charge in [-0.15, -0.1) is 0 Å². The Balaban J connectivity index is 2.44. The third-order valence-corrected chi connectivity index (χ3v) is 2.93. The van der Waals surface area contributed by atoms with Gasteiger partial charge in [0.1, 0.15) is 5.70 Å². The van der Waals surface area contributed by atoms with Crippen LogP contribution < -0.4 is 0 Å². The largest absolute Gasteiger partial charge is 0.365 e. The minimum absolute atomic E-state index is 0.0635. The topological polar surface area (TPSA) is 15.6 Å². The van der Waals surface area contributed by atoms with Crippen molar-refractivity contribution in [1.29, 1.82) is 0 Å². The van der Waals surface area contributed by atoms with E-state index in [2.05, 4.69) is 4.99 Å². The molecule has 0 saturated carbocycles. The molecule has 0 aromatic rings. The van der Waals surface area contributed by atoms with E-state index >= 15 is 0 Å². The molecular formula is C11H10ClF3N2. The summed E-state index contributed by atoms with van der Waals surface area (Å²) in [5.41, 5.74) is 0.471. The average Bonchev–Trinajstić information content (AvgIpc) is 2.19. The van der Waals surface area contributed by atoms with Crippen LogP contribution in [0.25, 0.3) is 0 Å². The van der Waals surface area contributed by atoms with Crippen molar-refractivity contribution < 1.29 is 13.2 Å². The van der Waals surface area contributed by atoms with Gasteiger partial charge in [-0.25, -0.2) is 4.99 Å². The summed E-state index contributed by atoms with van der Waals surface area (Å²) in [6, 6.07) is 0. The van der Waals surface area contributed by atoms with Crippen molar-refractivity contribution in [2.45, 2.75) is 19.2 Å². The van der Waals surface area contributed by atoms with Gasteiger partial charge in [-0.3, -0.25) is 4.90 Å². The molecule has 0 saturated heterocycles. The molecule has 0 fully saturated rings. The standard InChI is InChI=1S/C11H10ClF3N2/c1-6-3-8-4-9(11(12,14)15)16-10(13)17(8)5-7(6)2/h3-6H,1-2H3. The quantitative estimate of drug-likeness (QED) is 0.519. The molecule has 2 aliphatic heterocycles. The zero-order valence-electron chi connectivity index (χ0n) is 9.22. The van der Waals surface area contributed by atoms with Crippen LogP contribution in [-0.2, 0) is 0 Å². The summed E-state index contributed by atoms with van der Waals surface area (Å²) in [6.45, 7) is 3.73. The van der Waals surface area contributed by atoms with Gasteiger partial charge >= 0.3 is 5.38 Å². The van der Waals surface area contributed by atoms with Crippen molar-refractivity contribution in [3.05, 3.63) is 35.3 Å². The Bertz CT molecular complexity index is 472. The van der Waals surface area contributed by atoms with Crippen molar-refractivity contribution in [2.75, 3.05) is 0 Å². The van der Waals surface area contributed by atoms with Gasteiger partial charge in [-0.2, -0.15) is 13.2 Å². The first-order valence-electron chi connectivity index (χ1n) is 5.01. The van der Waals surface area contributed by atoms with Gasteiger partial charge in [0.2, 0.25) is 0 Å². The minimum Gasteiger partial charge on any atom is -0.278 e. The number of aliphatic imine (C=N–C) groups is 1. The summed E-state index contributed by atoms with van der Waals surface area (Å²) in [4.78, 5) is 4.29. The fourth-order valence-electron chi connectivity index (χ4n) is 1.61. The number of rotatable bonds is 1. The fourth-order valence-corrected chi connectivity index (χ4v) is 1.71. The van der Waals surface area contributed by atoms with E-state index in [1.165, 1.54) is 0 Å². The predicted molar refractivity (Wildman–Crippen MR) is 60.3 cm³/mol. The average molecular weight is 263 g/mol. The lowest BCUT2D eigenvalue weighted by Gasteiger charge is -2.29. The van der Waals surface area contributed by atoms with Crippen LogP contribution in [0, 0.1) is 5.92 Å². The number of amidine groups is 1. The van der Waals surface area contributed by atoms with Gasteiger partial charge in [-0.05, 0) is 36.1 Å². The molecule has 0 aromatic carbocycles. The molecule has 2 aliphatic rings. The molecule has 92 valence electrons. The van der Waals surface area contributed by atoms with Crippen LogP contribution in [0.2, 0.25) is 0 Å². The molecule has 0 radical (unpaired) electrons. The second-order valence-electron chi connectivity index (χ2n) is 4.03. The van der Waals surface area contributed by atoms with Crippen LogP contribution in [-0.4, -0.2) is 16.4 Å². The number of hydrogen-bond donors (Lipinski definition) is 0. The van der Waals surface area contributed by atoms with Gasteiger partial charge < -0.3 is 0 Å². The maximum absolute atomic E-state index is 13.6. The lowest BCUT2D eigenvalue weighted by molar-refractivity contribution is 0.136. The number of allylic oxidation sites excluding steroid dienone is 4. The molecular weight excluding hydrogens is 253 g/mol. The van der Waals surface area contributed by atoms with E-state index in [4.69, 9.17) is 11.6 Å². The highest BCUT2D eigenvalue weighted by atomic mass is 35.5. The Hall–Kier alpha value is -1.23. The smallest absolute Gasteiger partial charge is 0.278 e. The Morgan fingerprint density at radius 2 is 2.12 bits per heavy atom. The summed E-state index contributed by atoms with van der Waals surface area (Å²) in [5.74, 6) is 0.0635. The van der Waals surface area contributed by atoms with E-state index < -0.39 is 17.2 Å². The summed E-state index contributed by atoms with van der Waals surface area (Å²) in [5, 5.41) is -3.66. The van der Waals surface area contributed by atoms with Crippen molar-refractivity contribution in [3.63, 3.8) is 0 Å². The van der Waals surface area contributed by atoms with Gasteiger partial charge in [0.05, 0.1) is 0 Å². The third kappa shape index (κ3) is 2.24. The molecule has 1 unspecified atom stereocenters. The van der Waals surface area contributed by atoms with E-state index in [0.717, 1.165) is 16.5 Å². The van der Waals surface area contributed by atoms with Crippen molar-refractivity contribution in [1.82, 2.24) is 4.90 Å². The maximum atomic E-state index is 13.6. The minimum atomic E-state index is -3.66. The fraction of sp³-hybridized carbons (Fsp3) is 0.364. The molecule has 0 amide bonds. The van der Waals surface area contributed by atoms with Crippen LogP contribution >= 0.6 is 11.6 Å². The van der Waals surface area contributed by atoms with Crippen molar-refractivity contribution in [2.24, 2.45) is 10.9 Å².